The third-order valence-electron chi connectivity index (χ3n) is 3.34. The predicted molar refractivity (Wildman–Crippen MR) is 61.2 cm³/mol. The monoisotopic (exact) mass is 213 g/mol. The molecule has 4 heteroatoms. The zero-order valence-corrected chi connectivity index (χ0v) is 9.74. The lowest BCUT2D eigenvalue weighted by atomic mass is 10.2. The van der Waals surface area contributed by atoms with Crippen molar-refractivity contribution in [1.82, 2.24) is 15.1 Å². The van der Waals surface area contributed by atoms with Gasteiger partial charge in [0.05, 0.1) is 12.7 Å². The van der Waals surface area contributed by atoms with E-state index in [1.54, 1.807) is 0 Å². The molecule has 0 aromatic carbocycles. The van der Waals surface area contributed by atoms with Crippen LogP contribution in [-0.4, -0.2) is 74.9 Å². The van der Waals surface area contributed by atoms with Crippen molar-refractivity contribution in [3.8, 4) is 0 Å². The van der Waals surface area contributed by atoms with Crippen molar-refractivity contribution in [3.05, 3.63) is 0 Å². The Morgan fingerprint density at radius 3 is 2.73 bits per heavy atom. The molecule has 2 fully saturated rings. The van der Waals surface area contributed by atoms with Crippen LogP contribution in [0.5, 0.6) is 0 Å². The number of rotatable bonds is 3. The molecule has 0 aliphatic carbocycles. The molecule has 15 heavy (non-hydrogen) atoms. The second-order valence-electron chi connectivity index (χ2n) is 4.44. The number of nitrogens with one attached hydrogen (secondary N) is 1. The summed E-state index contributed by atoms with van der Waals surface area (Å²) in [5, 5.41) is 3.38. The van der Waals surface area contributed by atoms with E-state index in [1.807, 2.05) is 0 Å². The van der Waals surface area contributed by atoms with Crippen LogP contribution in [0, 0.1) is 0 Å². The maximum Gasteiger partial charge on any atom is 0.0829 e. The summed E-state index contributed by atoms with van der Waals surface area (Å²) < 4.78 is 5.81. The molecule has 2 aliphatic heterocycles. The first-order valence-electron chi connectivity index (χ1n) is 6.15. The molecule has 1 unspecified atom stereocenters. The molecule has 88 valence electrons. The fraction of sp³-hybridized carbons (Fsp3) is 1.00. The highest BCUT2D eigenvalue weighted by atomic mass is 16.5. The maximum atomic E-state index is 5.81. The van der Waals surface area contributed by atoms with Gasteiger partial charge in [0, 0.05) is 45.8 Å². The van der Waals surface area contributed by atoms with Crippen molar-refractivity contribution >= 4 is 0 Å². The van der Waals surface area contributed by atoms with Gasteiger partial charge in [-0.1, -0.05) is 6.92 Å². The average Bonchev–Trinajstić information content (AvgIpc) is 2.31. The second-order valence-corrected chi connectivity index (χ2v) is 4.44. The van der Waals surface area contributed by atoms with Gasteiger partial charge in [0.15, 0.2) is 0 Å². The topological polar surface area (TPSA) is 27.7 Å². The Hall–Kier alpha value is -0.160. The van der Waals surface area contributed by atoms with Crippen LogP contribution in [0.25, 0.3) is 0 Å². The first-order chi connectivity index (χ1) is 7.38. The summed E-state index contributed by atoms with van der Waals surface area (Å²) in [5.74, 6) is 0. The van der Waals surface area contributed by atoms with E-state index in [1.165, 1.54) is 13.1 Å². The summed E-state index contributed by atoms with van der Waals surface area (Å²) in [7, 11) is 0. The molecule has 0 bridgehead atoms. The summed E-state index contributed by atoms with van der Waals surface area (Å²) in [6.07, 6.45) is 0.428. The van der Waals surface area contributed by atoms with E-state index in [-0.39, 0.29) is 0 Å². The lowest BCUT2D eigenvalue weighted by Crippen LogP contribution is -2.51. The van der Waals surface area contributed by atoms with Crippen molar-refractivity contribution in [1.29, 1.82) is 0 Å². The first kappa shape index (κ1) is 11.3. The molecule has 2 saturated heterocycles. The highest BCUT2D eigenvalue weighted by Gasteiger charge is 2.22. The van der Waals surface area contributed by atoms with Crippen LogP contribution in [0.4, 0.5) is 0 Å². The van der Waals surface area contributed by atoms with E-state index >= 15 is 0 Å². The summed E-state index contributed by atoms with van der Waals surface area (Å²) in [4.78, 5) is 5.00. The van der Waals surface area contributed by atoms with Gasteiger partial charge in [-0.25, -0.2) is 0 Å². The smallest absolute Gasteiger partial charge is 0.0829 e. The number of likely N-dealkylation sites (N-methyl/N-ethyl adjacent to an activating group) is 1. The maximum absolute atomic E-state index is 5.81. The molecule has 0 aromatic heterocycles. The minimum atomic E-state index is 0.428. The Kier molecular flexibility index (Phi) is 4.38. The van der Waals surface area contributed by atoms with E-state index in [0.29, 0.717) is 6.10 Å². The summed E-state index contributed by atoms with van der Waals surface area (Å²) in [5.41, 5.74) is 0. The predicted octanol–water partition coefficient (Wildman–Crippen LogP) is -0.388. The van der Waals surface area contributed by atoms with Gasteiger partial charge in [-0.2, -0.15) is 0 Å². The van der Waals surface area contributed by atoms with E-state index in [0.717, 1.165) is 45.9 Å². The largest absolute Gasteiger partial charge is 0.374 e. The van der Waals surface area contributed by atoms with Crippen molar-refractivity contribution < 1.29 is 4.74 Å². The van der Waals surface area contributed by atoms with Gasteiger partial charge in [-0.3, -0.25) is 9.80 Å². The zero-order valence-electron chi connectivity index (χ0n) is 9.74. The molecule has 2 heterocycles. The Bertz CT molecular complexity index is 183. The molecular formula is C11H23N3O. The number of nitrogens with zero attached hydrogens (tertiary/aromatic N) is 2. The van der Waals surface area contributed by atoms with E-state index in [9.17, 15) is 0 Å². The van der Waals surface area contributed by atoms with Gasteiger partial charge in [0.25, 0.3) is 0 Å². The van der Waals surface area contributed by atoms with Gasteiger partial charge < -0.3 is 10.1 Å². The fourth-order valence-electron chi connectivity index (χ4n) is 2.36. The van der Waals surface area contributed by atoms with Crippen molar-refractivity contribution in [3.63, 3.8) is 0 Å². The number of morpholine rings is 1. The summed E-state index contributed by atoms with van der Waals surface area (Å²) in [6.45, 7) is 12.2. The van der Waals surface area contributed by atoms with Crippen molar-refractivity contribution in [2.75, 3.05) is 59.0 Å². The minimum Gasteiger partial charge on any atom is -0.374 e. The van der Waals surface area contributed by atoms with E-state index in [2.05, 4.69) is 22.0 Å². The first-order valence-corrected chi connectivity index (χ1v) is 6.15. The van der Waals surface area contributed by atoms with Crippen LogP contribution in [0.2, 0.25) is 0 Å². The highest BCUT2D eigenvalue weighted by molar-refractivity contribution is 4.76. The van der Waals surface area contributed by atoms with Gasteiger partial charge in [-0.15, -0.1) is 0 Å². The standard InChI is InChI=1S/C11H23N3O/c1-2-13-7-8-15-11(9-13)10-14-5-3-12-4-6-14/h11-12H,2-10H2,1H3. The number of hydrogen-bond donors (Lipinski definition) is 1. The third-order valence-corrected chi connectivity index (χ3v) is 3.34. The fourth-order valence-corrected chi connectivity index (χ4v) is 2.36. The summed E-state index contributed by atoms with van der Waals surface area (Å²) >= 11 is 0. The lowest BCUT2D eigenvalue weighted by molar-refractivity contribution is -0.0428. The SMILES string of the molecule is CCN1CCOC(CN2CCNCC2)C1. The molecule has 1 N–H and O–H groups in total. The molecule has 0 radical (unpaired) electrons. The van der Waals surface area contributed by atoms with Gasteiger partial charge in [0.1, 0.15) is 0 Å². The van der Waals surface area contributed by atoms with Crippen LogP contribution in [-0.2, 0) is 4.74 Å². The van der Waals surface area contributed by atoms with Gasteiger partial charge in [-0.05, 0) is 6.54 Å². The minimum absolute atomic E-state index is 0.428. The molecule has 2 rings (SSSR count). The Balaban J connectivity index is 1.72. The van der Waals surface area contributed by atoms with Crippen LogP contribution in [0.3, 0.4) is 0 Å². The highest BCUT2D eigenvalue weighted by Crippen LogP contribution is 2.07. The number of piperazine rings is 1. The van der Waals surface area contributed by atoms with E-state index < -0.39 is 0 Å². The molecular weight excluding hydrogens is 190 g/mol. The normalized spacial score (nSPS) is 30.6. The Morgan fingerprint density at radius 1 is 1.20 bits per heavy atom. The Labute approximate surface area is 92.6 Å². The third kappa shape index (κ3) is 3.41. The van der Waals surface area contributed by atoms with Crippen molar-refractivity contribution in [2.45, 2.75) is 13.0 Å². The van der Waals surface area contributed by atoms with E-state index in [4.69, 9.17) is 4.74 Å². The zero-order chi connectivity index (χ0) is 10.5. The van der Waals surface area contributed by atoms with Gasteiger partial charge >= 0.3 is 0 Å². The molecule has 0 aromatic rings. The van der Waals surface area contributed by atoms with Crippen LogP contribution in [0.15, 0.2) is 0 Å². The molecule has 0 amide bonds. The molecule has 0 saturated carbocycles. The molecule has 4 nitrogen and oxygen atoms in total. The van der Waals surface area contributed by atoms with Gasteiger partial charge in [0.2, 0.25) is 0 Å². The van der Waals surface area contributed by atoms with Crippen LogP contribution < -0.4 is 5.32 Å². The Morgan fingerprint density at radius 2 is 2.00 bits per heavy atom. The molecule has 1 atom stereocenters. The quantitative estimate of drug-likeness (QED) is 0.691. The molecule has 2 aliphatic rings. The van der Waals surface area contributed by atoms with Crippen molar-refractivity contribution in [2.24, 2.45) is 0 Å². The average molecular weight is 213 g/mol. The number of hydrogen-bond acceptors (Lipinski definition) is 4. The second kappa shape index (κ2) is 5.80. The summed E-state index contributed by atoms with van der Waals surface area (Å²) in [6, 6.07) is 0. The van der Waals surface area contributed by atoms with Crippen LogP contribution in [0.1, 0.15) is 6.92 Å². The number of ether oxygens (including phenoxy) is 1. The molecule has 0 spiro atoms. The van der Waals surface area contributed by atoms with Crippen LogP contribution >= 0.6 is 0 Å². The lowest BCUT2D eigenvalue weighted by Gasteiger charge is -2.36.